The van der Waals surface area contributed by atoms with Gasteiger partial charge in [-0.05, 0) is 56.0 Å². The molecule has 2 aromatic carbocycles. The van der Waals surface area contributed by atoms with Crippen LogP contribution in [-0.2, 0) is 0 Å². The van der Waals surface area contributed by atoms with Gasteiger partial charge >= 0.3 is 0 Å². The second-order valence-corrected chi connectivity index (χ2v) is 6.54. The summed E-state index contributed by atoms with van der Waals surface area (Å²) in [6, 6.07) is 11.5. The molecule has 0 saturated heterocycles. The Bertz CT molecular complexity index is 780. The summed E-state index contributed by atoms with van der Waals surface area (Å²) >= 11 is 0. The van der Waals surface area contributed by atoms with Crippen molar-refractivity contribution in [3.63, 3.8) is 0 Å². The molecule has 0 aromatic heterocycles. The molecule has 0 N–H and O–H groups in total. The van der Waals surface area contributed by atoms with E-state index < -0.39 is 0 Å². The third-order valence-corrected chi connectivity index (χ3v) is 4.76. The van der Waals surface area contributed by atoms with Crippen molar-refractivity contribution >= 4 is 16.6 Å². The van der Waals surface area contributed by atoms with Crippen molar-refractivity contribution in [1.82, 2.24) is 0 Å². The SMILES string of the molecule is CC(=O)c1ccc2c(C#N)c(OC3CCC(C)CC3)ccc2c1. The smallest absolute Gasteiger partial charge is 0.159 e. The van der Waals surface area contributed by atoms with Crippen LogP contribution in [0.2, 0.25) is 0 Å². The number of nitriles is 1. The van der Waals surface area contributed by atoms with Crippen molar-refractivity contribution in [2.24, 2.45) is 5.92 Å². The van der Waals surface area contributed by atoms with Gasteiger partial charge in [0.1, 0.15) is 17.4 Å². The molecule has 23 heavy (non-hydrogen) atoms. The van der Waals surface area contributed by atoms with Gasteiger partial charge in [0.2, 0.25) is 0 Å². The molecule has 0 atom stereocenters. The molecular formula is C20H21NO2. The first-order valence-corrected chi connectivity index (χ1v) is 8.23. The van der Waals surface area contributed by atoms with E-state index in [0.29, 0.717) is 16.9 Å². The Hall–Kier alpha value is -2.34. The van der Waals surface area contributed by atoms with Gasteiger partial charge in [0.05, 0.1) is 6.10 Å². The molecule has 0 bridgehead atoms. The highest BCUT2D eigenvalue weighted by Gasteiger charge is 2.21. The Labute approximate surface area is 136 Å². The number of benzene rings is 2. The van der Waals surface area contributed by atoms with Crippen LogP contribution >= 0.6 is 0 Å². The maximum absolute atomic E-state index is 11.5. The van der Waals surface area contributed by atoms with Crippen LogP contribution in [0.4, 0.5) is 0 Å². The van der Waals surface area contributed by atoms with Gasteiger partial charge in [0.15, 0.2) is 5.78 Å². The lowest BCUT2D eigenvalue weighted by Crippen LogP contribution is -2.23. The average molecular weight is 307 g/mol. The predicted molar refractivity (Wildman–Crippen MR) is 90.7 cm³/mol. The summed E-state index contributed by atoms with van der Waals surface area (Å²) in [5.41, 5.74) is 1.23. The second kappa shape index (κ2) is 6.42. The Morgan fingerprint density at radius 3 is 2.57 bits per heavy atom. The van der Waals surface area contributed by atoms with Crippen LogP contribution in [0.15, 0.2) is 30.3 Å². The molecule has 0 heterocycles. The average Bonchev–Trinajstić information content (AvgIpc) is 2.56. The van der Waals surface area contributed by atoms with Gasteiger partial charge < -0.3 is 4.74 Å². The molecule has 1 saturated carbocycles. The quantitative estimate of drug-likeness (QED) is 0.760. The summed E-state index contributed by atoms with van der Waals surface area (Å²) in [6.45, 7) is 3.83. The number of hydrogen-bond donors (Lipinski definition) is 0. The van der Waals surface area contributed by atoms with Crippen molar-refractivity contribution < 1.29 is 9.53 Å². The standard InChI is InChI=1S/C20H21NO2/c1-13-3-7-17(8-4-13)23-20-10-6-16-11-15(14(2)22)5-9-18(16)19(20)12-21/h5-6,9-11,13,17H,3-4,7-8H2,1-2H3. The van der Waals surface area contributed by atoms with Gasteiger partial charge in [-0.15, -0.1) is 0 Å². The molecule has 118 valence electrons. The summed E-state index contributed by atoms with van der Waals surface area (Å²) in [5, 5.41) is 11.3. The van der Waals surface area contributed by atoms with Crippen molar-refractivity contribution in [3.05, 3.63) is 41.5 Å². The lowest BCUT2D eigenvalue weighted by molar-refractivity contribution is 0.101. The summed E-state index contributed by atoms with van der Waals surface area (Å²) in [4.78, 5) is 11.5. The van der Waals surface area contributed by atoms with Crippen LogP contribution in [-0.4, -0.2) is 11.9 Å². The number of fused-ring (bicyclic) bond motifs is 1. The normalized spacial score (nSPS) is 20.9. The van der Waals surface area contributed by atoms with Crippen LogP contribution in [0.25, 0.3) is 10.8 Å². The fraction of sp³-hybridized carbons (Fsp3) is 0.400. The lowest BCUT2D eigenvalue weighted by atomic mass is 9.89. The van der Waals surface area contributed by atoms with E-state index in [1.54, 1.807) is 13.0 Å². The van der Waals surface area contributed by atoms with Crippen molar-refractivity contribution in [3.8, 4) is 11.8 Å². The molecule has 3 heteroatoms. The van der Waals surface area contributed by atoms with E-state index in [-0.39, 0.29) is 11.9 Å². The number of rotatable bonds is 3. The molecule has 3 rings (SSSR count). The molecule has 0 aliphatic heterocycles. The summed E-state index contributed by atoms with van der Waals surface area (Å²) in [5.74, 6) is 1.46. The number of Topliss-reactive ketones (excluding diaryl/α,β-unsaturated/α-hetero) is 1. The first-order valence-electron chi connectivity index (χ1n) is 8.23. The molecule has 0 unspecified atom stereocenters. The van der Waals surface area contributed by atoms with Gasteiger partial charge in [-0.1, -0.05) is 25.1 Å². The fourth-order valence-corrected chi connectivity index (χ4v) is 3.27. The number of nitrogens with zero attached hydrogens (tertiary/aromatic N) is 1. The largest absolute Gasteiger partial charge is 0.489 e. The van der Waals surface area contributed by atoms with Gasteiger partial charge in [-0.2, -0.15) is 5.26 Å². The van der Waals surface area contributed by atoms with E-state index in [0.717, 1.165) is 29.5 Å². The van der Waals surface area contributed by atoms with Crippen molar-refractivity contribution in [1.29, 1.82) is 5.26 Å². The minimum absolute atomic E-state index is 0.0297. The third-order valence-electron chi connectivity index (χ3n) is 4.76. The Morgan fingerprint density at radius 2 is 1.91 bits per heavy atom. The van der Waals surface area contributed by atoms with Gasteiger partial charge in [0, 0.05) is 10.9 Å². The van der Waals surface area contributed by atoms with E-state index in [4.69, 9.17) is 4.74 Å². The minimum atomic E-state index is 0.0297. The van der Waals surface area contributed by atoms with E-state index in [2.05, 4.69) is 13.0 Å². The van der Waals surface area contributed by atoms with E-state index in [1.165, 1.54) is 12.8 Å². The number of carbonyl (C=O) groups is 1. The molecular weight excluding hydrogens is 286 g/mol. The highest BCUT2D eigenvalue weighted by molar-refractivity contribution is 6.00. The zero-order valence-electron chi connectivity index (χ0n) is 13.6. The molecule has 3 nitrogen and oxygen atoms in total. The first-order chi connectivity index (χ1) is 11.1. The van der Waals surface area contributed by atoms with Gasteiger partial charge in [-0.25, -0.2) is 0 Å². The van der Waals surface area contributed by atoms with Gasteiger partial charge in [-0.3, -0.25) is 4.79 Å². The lowest BCUT2D eigenvalue weighted by Gasteiger charge is -2.27. The van der Waals surface area contributed by atoms with E-state index >= 15 is 0 Å². The Balaban J connectivity index is 1.94. The Morgan fingerprint density at radius 1 is 1.17 bits per heavy atom. The number of carbonyl (C=O) groups excluding carboxylic acids is 1. The van der Waals surface area contributed by atoms with Crippen LogP contribution in [0.3, 0.4) is 0 Å². The monoisotopic (exact) mass is 307 g/mol. The molecule has 0 radical (unpaired) electrons. The highest BCUT2D eigenvalue weighted by atomic mass is 16.5. The molecule has 1 fully saturated rings. The number of hydrogen-bond acceptors (Lipinski definition) is 3. The van der Waals surface area contributed by atoms with Crippen LogP contribution in [0.5, 0.6) is 5.75 Å². The topological polar surface area (TPSA) is 50.1 Å². The van der Waals surface area contributed by atoms with Crippen LogP contribution in [0, 0.1) is 17.2 Å². The maximum Gasteiger partial charge on any atom is 0.159 e. The summed E-state index contributed by atoms with van der Waals surface area (Å²) in [7, 11) is 0. The van der Waals surface area contributed by atoms with Crippen molar-refractivity contribution in [2.45, 2.75) is 45.6 Å². The highest BCUT2D eigenvalue weighted by Crippen LogP contribution is 2.32. The zero-order chi connectivity index (χ0) is 16.4. The maximum atomic E-state index is 11.5. The zero-order valence-corrected chi connectivity index (χ0v) is 13.6. The first kappa shape index (κ1) is 15.6. The van der Waals surface area contributed by atoms with Crippen LogP contribution < -0.4 is 4.74 Å². The van der Waals surface area contributed by atoms with Crippen LogP contribution in [0.1, 0.15) is 55.5 Å². The minimum Gasteiger partial charge on any atom is -0.489 e. The Kier molecular flexibility index (Phi) is 4.34. The van der Waals surface area contributed by atoms with E-state index in [9.17, 15) is 10.1 Å². The van der Waals surface area contributed by atoms with Crippen molar-refractivity contribution in [2.75, 3.05) is 0 Å². The van der Waals surface area contributed by atoms with E-state index in [1.807, 2.05) is 24.3 Å². The fourth-order valence-electron chi connectivity index (χ4n) is 3.27. The second-order valence-electron chi connectivity index (χ2n) is 6.54. The summed E-state index contributed by atoms with van der Waals surface area (Å²) in [6.07, 6.45) is 4.66. The molecule has 0 spiro atoms. The van der Waals surface area contributed by atoms with Gasteiger partial charge in [0.25, 0.3) is 0 Å². The predicted octanol–water partition coefficient (Wildman–Crippen LogP) is 4.87. The third kappa shape index (κ3) is 3.22. The molecule has 0 amide bonds. The number of ketones is 1. The molecule has 1 aliphatic carbocycles. The molecule has 1 aliphatic rings. The number of ether oxygens (including phenoxy) is 1. The molecule has 2 aromatic rings. The summed E-state index contributed by atoms with van der Waals surface area (Å²) < 4.78 is 6.12.